The predicted molar refractivity (Wildman–Crippen MR) is 55.3 cm³/mol. The van der Waals surface area contributed by atoms with E-state index in [1.54, 1.807) is 20.8 Å². The minimum absolute atomic E-state index is 0.0895. The quantitative estimate of drug-likeness (QED) is 0.695. The van der Waals surface area contributed by atoms with Crippen molar-refractivity contribution in [1.29, 1.82) is 0 Å². The van der Waals surface area contributed by atoms with Crippen LogP contribution in [0.5, 0.6) is 0 Å². The van der Waals surface area contributed by atoms with Gasteiger partial charge in [-0.05, 0) is 27.2 Å². The normalized spacial score (nSPS) is 25.4. The van der Waals surface area contributed by atoms with Crippen LogP contribution in [0.1, 0.15) is 27.2 Å². The average molecular weight is 236 g/mol. The van der Waals surface area contributed by atoms with E-state index >= 15 is 0 Å². The predicted octanol–water partition coefficient (Wildman–Crippen LogP) is 1.59. The molecule has 1 rings (SSSR count). The zero-order valence-electron chi connectivity index (χ0n) is 9.80. The second kappa shape index (κ2) is 4.16. The molecule has 0 unspecified atom stereocenters. The van der Waals surface area contributed by atoms with E-state index in [4.69, 9.17) is 10.5 Å². The molecule has 1 heterocycles. The molecule has 0 saturated carbocycles. The van der Waals surface area contributed by atoms with Gasteiger partial charge in [0, 0.05) is 6.54 Å². The Morgan fingerprint density at radius 3 is 2.50 bits per heavy atom. The van der Waals surface area contributed by atoms with Gasteiger partial charge in [-0.3, -0.25) is 0 Å². The summed E-state index contributed by atoms with van der Waals surface area (Å²) in [5.74, 6) is -3.03. The third-order valence-electron chi connectivity index (χ3n) is 2.31. The number of halogens is 2. The molecule has 0 radical (unpaired) electrons. The van der Waals surface area contributed by atoms with Gasteiger partial charge in [-0.1, -0.05) is 0 Å². The summed E-state index contributed by atoms with van der Waals surface area (Å²) >= 11 is 0. The highest BCUT2D eigenvalue weighted by Gasteiger charge is 2.44. The van der Waals surface area contributed by atoms with Crippen molar-refractivity contribution in [2.75, 3.05) is 13.1 Å². The highest BCUT2D eigenvalue weighted by atomic mass is 19.3. The Morgan fingerprint density at radius 2 is 2.06 bits per heavy atom. The number of hydrogen-bond acceptors (Lipinski definition) is 3. The molecule has 0 aromatic rings. The summed E-state index contributed by atoms with van der Waals surface area (Å²) < 4.78 is 31.6. The van der Waals surface area contributed by atoms with E-state index in [-0.39, 0.29) is 13.0 Å². The van der Waals surface area contributed by atoms with Gasteiger partial charge in [-0.15, -0.1) is 0 Å². The minimum atomic E-state index is -3.03. The third-order valence-corrected chi connectivity index (χ3v) is 2.31. The van der Waals surface area contributed by atoms with Gasteiger partial charge in [0.2, 0.25) is 0 Å². The molecule has 2 N–H and O–H groups in total. The van der Waals surface area contributed by atoms with Crippen LogP contribution in [0.2, 0.25) is 0 Å². The Hall–Kier alpha value is -0.910. The maximum atomic E-state index is 13.3. The highest BCUT2D eigenvalue weighted by molar-refractivity contribution is 5.68. The van der Waals surface area contributed by atoms with E-state index < -0.39 is 30.2 Å². The van der Waals surface area contributed by atoms with Crippen LogP contribution in [0.15, 0.2) is 0 Å². The number of likely N-dealkylation sites (tertiary alicyclic amines) is 1. The first-order valence-corrected chi connectivity index (χ1v) is 5.23. The topological polar surface area (TPSA) is 55.6 Å². The summed E-state index contributed by atoms with van der Waals surface area (Å²) in [4.78, 5) is 12.5. The minimum Gasteiger partial charge on any atom is -0.444 e. The molecule has 0 aliphatic carbocycles. The Morgan fingerprint density at radius 1 is 1.50 bits per heavy atom. The van der Waals surface area contributed by atoms with Gasteiger partial charge in [0.1, 0.15) is 5.60 Å². The number of carbonyl (C=O) groups is 1. The van der Waals surface area contributed by atoms with Crippen molar-refractivity contribution in [2.45, 2.75) is 44.8 Å². The summed E-state index contributed by atoms with van der Waals surface area (Å²) in [5.41, 5.74) is 4.60. The first-order valence-electron chi connectivity index (χ1n) is 5.23. The summed E-state index contributed by atoms with van der Waals surface area (Å²) in [7, 11) is 0. The number of alkyl halides is 2. The van der Waals surface area contributed by atoms with Gasteiger partial charge in [0.05, 0.1) is 12.6 Å². The van der Waals surface area contributed by atoms with Crippen LogP contribution in [0.3, 0.4) is 0 Å². The first kappa shape index (κ1) is 13.2. The lowest BCUT2D eigenvalue weighted by Gasteiger charge is -2.37. The van der Waals surface area contributed by atoms with E-state index in [9.17, 15) is 13.6 Å². The van der Waals surface area contributed by atoms with Crippen LogP contribution < -0.4 is 5.73 Å². The fraction of sp³-hybridized carbons (Fsp3) is 0.900. The van der Waals surface area contributed by atoms with Crippen LogP contribution in [0.4, 0.5) is 13.6 Å². The number of piperidine rings is 1. The van der Waals surface area contributed by atoms with Crippen molar-refractivity contribution in [3.05, 3.63) is 0 Å². The molecule has 1 aliphatic heterocycles. The Labute approximate surface area is 93.7 Å². The molecule has 1 aliphatic rings. The number of ether oxygens (including phenoxy) is 1. The zero-order chi connectivity index (χ0) is 12.6. The van der Waals surface area contributed by atoms with Gasteiger partial charge < -0.3 is 15.4 Å². The number of carbonyl (C=O) groups excluding carboxylic acids is 1. The van der Waals surface area contributed by atoms with Crippen molar-refractivity contribution in [3.63, 3.8) is 0 Å². The Balaban J connectivity index is 2.60. The van der Waals surface area contributed by atoms with Gasteiger partial charge >= 0.3 is 6.09 Å². The number of nitrogens with two attached hydrogens (primary N) is 1. The number of hydrogen-bond donors (Lipinski definition) is 1. The summed E-state index contributed by atoms with van der Waals surface area (Å²) in [5, 5.41) is 0. The van der Waals surface area contributed by atoms with E-state index in [1.807, 2.05) is 0 Å². The van der Waals surface area contributed by atoms with E-state index in [0.29, 0.717) is 0 Å². The second-order valence-electron chi connectivity index (χ2n) is 5.06. The lowest BCUT2D eigenvalue weighted by molar-refractivity contribution is -0.0820. The van der Waals surface area contributed by atoms with E-state index in [1.165, 1.54) is 0 Å². The Kier molecular flexibility index (Phi) is 3.42. The molecule has 0 spiro atoms. The van der Waals surface area contributed by atoms with Crippen molar-refractivity contribution in [1.82, 2.24) is 4.90 Å². The van der Waals surface area contributed by atoms with Gasteiger partial charge in [0.25, 0.3) is 5.92 Å². The summed E-state index contributed by atoms with van der Waals surface area (Å²) in [6.45, 7) is 4.63. The van der Waals surface area contributed by atoms with Crippen molar-refractivity contribution < 1.29 is 18.3 Å². The van der Waals surface area contributed by atoms with Crippen LogP contribution in [-0.4, -0.2) is 41.6 Å². The molecular weight excluding hydrogens is 218 g/mol. The SMILES string of the molecule is CC(C)(C)OC(=O)N1CC[C@H](N)C(F)(F)C1. The van der Waals surface area contributed by atoms with Crippen LogP contribution in [-0.2, 0) is 4.74 Å². The molecular formula is C10H18F2N2O2. The second-order valence-corrected chi connectivity index (χ2v) is 5.06. The molecule has 4 nitrogen and oxygen atoms in total. The number of rotatable bonds is 0. The zero-order valence-corrected chi connectivity index (χ0v) is 9.80. The maximum Gasteiger partial charge on any atom is 0.410 e. The van der Waals surface area contributed by atoms with Crippen LogP contribution >= 0.6 is 0 Å². The van der Waals surface area contributed by atoms with Crippen molar-refractivity contribution in [2.24, 2.45) is 5.73 Å². The fourth-order valence-electron chi connectivity index (χ4n) is 1.44. The maximum absolute atomic E-state index is 13.3. The molecule has 16 heavy (non-hydrogen) atoms. The number of nitrogens with zero attached hydrogens (tertiary/aromatic N) is 1. The Bertz CT molecular complexity index is 276. The lowest BCUT2D eigenvalue weighted by atomic mass is 10.0. The van der Waals surface area contributed by atoms with Crippen molar-refractivity contribution >= 4 is 6.09 Å². The van der Waals surface area contributed by atoms with Gasteiger partial charge in [0.15, 0.2) is 0 Å². The smallest absolute Gasteiger partial charge is 0.410 e. The monoisotopic (exact) mass is 236 g/mol. The molecule has 0 aromatic heterocycles. The third kappa shape index (κ3) is 3.30. The summed E-state index contributed by atoms with van der Waals surface area (Å²) in [6, 6.07) is -1.17. The fourth-order valence-corrected chi connectivity index (χ4v) is 1.44. The number of amides is 1. The molecule has 0 bridgehead atoms. The van der Waals surface area contributed by atoms with E-state index in [2.05, 4.69) is 0 Å². The van der Waals surface area contributed by atoms with Crippen molar-refractivity contribution in [3.8, 4) is 0 Å². The first-order chi connectivity index (χ1) is 7.12. The highest BCUT2D eigenvalue weighted by Crippen LogP contribution is 2.26. The molecule has 0 aromatic carbocycles. The van der Waals surface area contributed by atoms with E-state index in [0.717, 1.165) is 4.90 Å². The standard InChI is InChI=1S/C10H18F2N2O2/c1-9(2,3)16-8(15)14-5-4-7(13)10(11,12)6-14/h7H,4-6,13H2,1-3H3/t7-/m0/s1. The molecule has 1 fully saturated rings. The lowest BCUT2D eigenvalue weighted by Crippen LogP contribution is -2.57. The molecule has 1 amide bonds. The molecule has 6 heteroatoms. The van der Waals surface area contributed by atoms with Crippen LogP contribution in [0.25, 0.3) is 0 Å². The largest absolute Gasteiger partial charge is 0.444 e. The molecule has 1 saturated heterocycles. The molecule has 94 valence electrons. The average Bonchev–Trinajstić information content (AvgIpc) is 2.06. The van der Waals surface area contributed by atoms with Crippen LogP contribution in [0, 0.1) is 0 Å². The van der Waals surface area contributed by atoms with Gasteiger partial charge in [-0.2, -0.15) is 0 Å². The summed E-state index contributed by atoms with van der Waals surface area (Å²) in [6.07, 6.45) is -0.620. The van der Waals surface area contributed by atoms with Gasteiger partial charge in [-0.25, -0.2) is 13.6 Å². The molecule has 1 atom stereocenters.